The molecule has 0 aliphatic rings. The van der Waals surface area contributed by atoms with E-state index < -0.39 is 5.97 Å². The molecular weight excluding hydrogens is 218 g/mol. The molecule has 1 aromatic carbocycles. The van der Waals surface area contributed by atoms with Crippen LogP contribution in [-0.2, 0) is 4.79 Å². The summed E-state index contributed by atoms with van der Waals surface area (Å²) in [5.41, 5.74) is 7.32. The van der Waals surface area contributed by atoms with Gasteiger partial charge >= 0.3 is 5.97 Å². The lowest BCUT2D eigenvalue weighted by molar-refractivity contribution is -0.135. The highest BCUT2D eigenvalue weighted by atomic mass is 16.4. The second kappa shape index (κ2) is 4.29. The van der Waals surface area contributed by atoms with Gasteiger partial charge in [-0.2, -0.15) is 0 Å². The highest BCUT2D eigenvalue weighted by molar-refractivity contribution is 5.99. The van der Waals surface area contributed by atoms with E-state index >= 15 is 0 Å². The predicted octanol–water partition coefficient (Wildman–Crippen LogP) is 1.34. The van der Waals surface area contributed by atoms with Crippen molar-refractivity contribution in [1.29, 1.82) is 0 Å². The zero-order valence-corrected chi connectivity index (χ0v) is 9.42. The standard InChI is InChI=1S/C12H13N3O2/c1-15(7-11(16)17)10-3-2-8-6-14-5-4-9(8)12(10)13/h2-6H,7,13H2,1H3,(H,16,17). The van der Waals surface area contributed by atoms with E-state index in [1.54, 1.807) is 24.3 Å². The van der Waals surface area contributed by atoms with Gasteiger partial charge in [0.1, 0.15) is 6.54 Å². The van der Waals surface area contributed by atoms with Gasteiger partial charge in [-0.25, -0.2) is 0 Å². The van der Waals surface area contributed by atoms with Crippen LogP contribution >= 0.6 is 0 Å². The Bertz CT molecular complexity index is 569. The zero-order chi connectivity index (χ0) is 12.4. The van der Waals surface area contributed by atoms with Gasteiger partial charge in [0.15, 0.2) is 0 Å². The summed E-state index contributed by atoms with van der Waals surface area (Å²) in [6.45, 7) is -0.0825. The Kier molecular flexibility index (Phi) is 2.82. The molecule has 2 rings (SSSR count). The molecule has 1 heterocycles. The minimum Gasteiger partial charge on any atom is -0.480 e. The highest BCUT2D eigenvalue weighted by Gasteiger charge is 2.10. The van der Waals surface area contributed by atoms with Crippen molar-refractivity contribution in [3.05, 3.63) is 30.6 Å². The van der Waals surface area contributed by atoms with Crippen molar-refractivity contribution >= 4 is 28.1 Å². The van der Waals surface area contributed by atoms with Crippen LogP contribution in [0.2, 0.25) is 0 Å². The fourth-order valence-corrected chi connectivity index (χ4v) is 1.80. The quantitative estimate of drug-likeness (QED) is 0.779. The first-order valence-corrected chi connectivity index (χ1v) is 5.14. The minimum absolute atomic E-state index is 0.0825. The first-order chi connectivity index (χ1) is 8.09. The molecule has 2 aromatic rings. The van der Waals surface area contributed by atoms with Crippen molar-refractivity contribution in [3.63, 3.8) is 0 Å². The number of anilines is 2. The van der Waals surface area contributed by atoms with Gasteiger partial charge in [0.2, 0.25) is 0 Å². The van der Waals surface area contributed by atoms with E-state index in [1.165, 1.54) is 0 Å². The van der Waals surface area contributed by atoms with Crippen LogP contribution in [-0.4, -0.2) is 29.7 Å². The molecule has 3 N–H and O–H groups in total. The van der Waals surface area contributed by atoms with Gasteiger partial charge in [0.25, 0.3) is 0 Å². The van der Waals surface area contributed by atoms with Crippen molar-refractivity contribution in [1.82, 2.24) is 4.98 Å². The largest absolute Gasteiger partial charge is 0.480 e. The third-order valence-electron chi connectivity index (χ3n) is 2.62. The third-order valence-corrected chi connectivity index (χ3v) is 2.62. The number of hydrogen-bond acceptors (Lipinski definition) is 4. The van der Waals surface area contributed by atoms with Gasteiger partial charge in [-0.1, -0.05) is 6.07 Å². The summed E-state index contributed by atoms with van der Waals surface area (Å²) in [7, 11) is 1.70. The molecule has 0 amide bonds. The lowest BCUT2D eigenvalue weighted by Crippen LogP contribution is -2.25. The molecule has 17 heavy (non-hydrogen) atoms. The highest BCUT2D eigenvalue weighted by Crippen LogP contribution is 2.30. The van der Waals surface area contributed by atoms with Gasteiger partial charge in [-0.05, 0) is 12.1 Å². The van der Waals surface area contributed by atoms with Crippen LogP contribution in [0.15, 0.2) is 30.6 Å². The summed E-state index contributed by atoms with van der Waals surface area (Å²) in [6.07, 6.45) is 3.40. The lowest BCUT2D eigenvalue weighted by atomic mass is 10.1. The van der Waals surface area contributed by atoms with Crippen LogP contribution in [0.3, 0.4) is 0 Å². The fraction of sp³-hybridized carbons (Fsp3) is 0.167. The van der Waals surface area contributed by atoms with Crippen LogP contribution in [0.4, 0.5) is 11.4 Å². The maximum Gasteiger partial charge on any atom is 0.323 e. The van der Waals surface area contributed by atoms with E-state index in [0.717, 1.165) is 10.8 Å². The van der Waals surface area contributed by atoms with Crippen molar-refractivity contribution in [2.24, 2.45) is 0 Å². The number of likely N-dealkylation sites (N-methyl/N-ethyl adjacent to an activating group) is 1. The summed E-state index contributed by atoms with van der Waals surface area (Å²) < 4.78 is 0. The summed E-state index contributed by atoms with van der Waals surface area (Å²) in [6, 6.07) is 5.51. The van der Waals surface area contributed by atoms with E-state index in [1.807, 2.05) is 18.2 Å². The summed E-state index contributed by atoms with van der Waals surface area (Å²) >= 11 is 0. The molecule has 0 bridgehead atoms. The van der Waals surface area contributed by atoms with Crippen LogP contribution in [0, 0.1) is 0 Å². The number of hydrogen-bond donors (Lipinski definition) is 2. The lowest BCUT2D eigenvalue weighted by Gasteiger charge is -2.19. The average Bonchev–Trinajstić information content (AvgIpc) is 2.28. The number of nitrogens with zero attached hydrogens (tertiary/aromatic N) is 2. The minimum atomic E-state index is -0.887. The van der Waals surface area contributed by atoms with E-state index in [4.69, 9.17) is 10.8 Å². The van der Waals surface area contributed by atoms with Crippen molar-refractivity contribution in [2.45, 2.75) is 0 Å². The van der Waals surface area contributed by atoms with E-state index in [2.05, 4.69) is 4.98 Å². The Hall–Kier alpha value is -2.30. The number of carbonyl (C=O) groups is 1. The molecule has 5 heteroatoms. The second-order valence-electron chi connectivity index (χ2n) is 3.84. The smallest absolute Gasteiger partial charge is 0.323 e. The molecule has 5 nitrogen and oxygen atoms in total. The average molecular weight is 231 g/mol. The molecule has 1 aromatic heterocycles. The predicted molar refractivity (Wildman–Crippen MR) is 67.1 cm³/mol. The third kappa shape index (κ3) is 2.13. The topological polar surface area (TPSA) is 79.5 Å². The zero-order valence-electron chi connectivity index (χ0n) is 9.42. The molecule has 0 atom stereocenters. The normalized spacial score (nSPS) is 10.4. The number of pyridine rings is 1. The Labute approximate surface area is 98.5 Å². The molecule has 0 spiro atoms. The number of carboxylic acids is 1. The van der Waals surface area contributed by atoms with Crippen LogP contribution in [0.5, 0.6) is 0 Å². The van der Waals surface area contributed by atoms with Gasteiger partial charge in [0.05, 0.1) is 11.4 Å². The number of nitrogen functional groups attached to an aromatic ring is 1. The van der Waals surface area contributed by atoms with Gasteiger partial charge in [-0.15, -0.1) is 0 Å². The molecule has 0 aliphatic heterocycles. The van der Waals surface area contributed by atoms with Crippen LogP contribution in [0.1, 0.15) is 0 Å². The van der Waals surface area contributed by atoms with E-state index in [0.29, 0.717) is 11.4 Å². The van der Waals surface area contributed by atoms with E-state index in [-0.39, 0.29) is 6.54 Å². The number of aromatic nitrogens is 1. The van der Waals surface area contributed by atoms with Gasteiger partial charge in [-0.3, -0.25) is 9.78 Å². The van der Waals surface area contributed by atoms with Crippen molar-refractivity contribution < 1.29 is 9.90 Å². The molecular formula is C12H13N3O2. The number of fused-ring (bicyclic) bond motifs is 1. The summed E-state index contributed by atoms with van der Waals surface area (Å²) in [5.74, 6) is -0.887. The second-order valence-corrected chi connectivity index (χ2v) is 3.84. The number of benzene rings is 1. The maximum absolute atomic E-state index is 10.7. The number of rotatable bonds is 3. The number of carboxylic acid groups (broad SMARTS) is 1. The molecule has 0 aliphatic carbocycles. The molecule has 0 saturated heterocycles. The maximum atomic E-state index is 10.7. The van der Waals surface area contributed by atoms with Gasteiger partial charge < -0.3 is 15.7 Å². The van der Waals surface area contributed by atoms with Gasteiger partial charge in [0, 0.05) is 30.2 Å². The Morgan fingerprint density at radius 1 is 1.47 bits per heavy atom. The first-order valence-electron chi connectivity index (χ1n) is 5.14. The molecule has 0 fully saturated rings. The molecule has 0 unspecified atom stereocenters. The Morgan fingerprint density at radius 2 is 2.24 bits per heavy atom. The summed E-state index contributed by atoms with van der Waals surface area (Å²) in [4.78, 5) is 16.3. The molecule has 88 valence electrons. The SMILES string of the molecule is CN(CC(=O)O)c1ccc2cnccc2c1N. The fourth-order valence-electron chi connectivity index (χ4n) is 1.80. The molecule has 0 radical (unpaired) electrons. The monoisotopic (exact) mass is 231 g/mol. The Morgan fingerprint density at radius 3 is 2.94 bits per heavy atom. The number of nitrogens with two attached hydrogens (primary N) is 1. The van der Waals surface area contributed by atoms with Crippen LogP contribution in [0.25, 0.3) is 10.8 Å². The Balaban J connectivity index is 2.48. The van der Waals surface area contributed by atoms with E-state index in [9.17, 15) is 4.79 Å². The van der Waals surface area contributed by atoms with Crippen molar-refractivity contribution in [2.75, 3.05) is 24.2 Å². The van der Waals surface area contributed by atoms with Crippen molar-refractivity contribution in [3.8, 4) is 0 Å². The van der Waals surface area contributed by atoms with Crippen LogP contribution < -0.4 is 10.6 Å². The molecule has 0 saturated carbocycles. The number of aliphatic carboxylic acids is 1. The summed E-state index contributed by atoms with van der Waals surface area (Å²) in [5, 5.41) is 10.6. The first kappa shape index (κ1) is 11.2.